The molecule has 0 aromatic rings. The normalized spacial score (nSPS) is 34.8. The number of piperidine rings is 1. The summed E-state index contributed by atoms with van der Waals surface area (Å²) < 4.78 is 0. The lowest BCUT2D eigenvalue weighted by Gasteiger charge is -2.38. The van der Waals surface area contributed by atoms with Crippen LogP contribution in [0.2, 0.25) is 0 Å². The van der Waals surface area contributed by atoms with E-state index in [9.17, 15) is 5.11 Å². The van der Waals surface area contributed by atoms with E-state index in [0.29, 0.717) is 5.92 Å². The van der Waals surface area contributed by atoms with Gasteiger partial charge >= 0.3 is 0 Å². The van der Waals surface area contributed by atoms with E-state index in [4.69, 9.17) is 0 Å². The molecule has 1 aliphatic carbocycles. The van der Waals surface area contributed by atoms with Crippen molar-refractivity contribution in [1.82, 2.24) is 4.90 Å². The Labute approximate surface area is 106 Å². The van der Waals surface area contributed by atoms with E-state index in [0.717, 1.165) is 18.4 Å². The number of rotatable bonds is 3. The van der Waals surface area contributed by atoms with Crippen LogP contribution in [-0.4, -0.2) is 35.7 Å². The highest BCUT2D eigenvalue weighted by Crippen LogP contribution is 2.28. The van der Waals surface area contributed by atoms with E-state index < -0.39 is 0 Å². The second-order valence-electron chi connectivity index (χ2n) is 6.47. The summed E-state index contributed by atoms with van der Waals surface area (Å²) in [6.07, 6.45) is 7.77. The zero-order valence-corrected chi connectivity index (χ0v) is 11.6. The molecule has 1 N–H and O–H groups in total. The van der Waals surface area contributed by atoms with Crippen molar-refractivity contribution in [2.75, 3.05) is 19.6 Å². The minimum atomic E-state index is -0.0732. The number of β-amino-alcohol motifs (C(OH)–C–C–N with tert-alkyl or cyclic N) is 1. The molecule has 0 aromatic heterocycles. The van der Waals surface area contributed by atoms with Gasteiger partial charge in [-0.05, 0) is 43.6 Å². The van der Waals surface area contributed by atoms with E-state index in [-0.39, 0.29) is 6.10 Å². The predicted octanol–water partition coefficient (Wildman–Crippen LogP) is 2.91. The van der Waals surface area contributed by atoms with Gasteiger partial charge in [-0.2, -0.15) is 0 Å². The fraction of sp³-hybridized carbons (Fsp3) is 1.00. The summed E-state index contributed by atoms with van der Waals surface area (Å²) in [7, 11) is 0. The second-order valence-corrected chi connectivity index (χ2v) is 6.47. The first-order chi connectivity index (χ1) is 8.16. The maximum absolute atomic E-state index is 10.3. The van der Waals surface area contributed by atoms with Crippen LogP contribution in [0.4, 0.5) is 0 Å². The van der Waals surface area contributed by atoms with Crippen LogP contribution in [0.3, 0.4) is 0 Å². The van der Waals surface area contributed by atoms with E-state index >= 15 is 0 Å². The molecule has 0 amide bonds. The van der Waals surface area contributed by atoms with Crippen LogP contribution >= 0.6 is 0 Å². The maximum Gasteiger partial charge on any atom is 0.0695 e. The fourth-order valence-electron chi connectivity index (χ4n) is 3.45. The van der Waals surface area contributed by atoms with E-state index in [1.807, 2.05) is 0 Å². The average molecular weight is 239 g/mol. The highest BCUT2D eigenvalue weighted by atomic mass is 16.3. The van der Waals surface area contributed by atoms with Gasteiger partial charge in [0.05, 0.1) is 6.10 Å². The Morgan fingerprint density at radius 2 is 1.76 bits per heavy atom. The molecule has 0 spiro atoms. The largest absolute Gasteiger partial charge is 0.392 e. The smallest absolute Gasteiger partial charge is 0.0695 e. The first-order valence-electron chi connectivity index (χ1n) is 7.57. The molecule has 1 aliphatic heterocycles. The van der Waals surface area contributed by atoms with Gasteiger partial charge in [-0.15, -0.1) is 0 Å². The van der Waals surface area contributed by atoms with Crippen LogP contribution in [-0.2, 0) is 0 Å². The van der Waals surface area contributed by atoms with Gasteiger partial charge in [-0.3, -0.25) is 0 Å². The van der Waals surface area contributed by atoms with Crippen LogP contribution in [0.15, 0.2) is 0 Å². The monoisotopic (exact) mass is 239 g/mol. The number of aliphatic hydroxyl groups is 1. The SMILES string of the molecule is CC1CCN(CC(O)C2CCCCC2)CC1C. The molecule has 3 unspecified atom stereocenters. The zero-order chi connectivity index (χ0) is 12.3. The molecule has 1 heterocycles. The Hall–Kier alpha value is -0.0800. The van der Waals surface area contributed by atoms with Gasteiger partial charge in [-0.25, -0.2) is 0 Å². The number of nitrogens with zero attached hydrogens (tertiary/aromatic N) is 1. The highest BCUT2D eigenvalue weighted by molar-refractivity contribution is 4.80. The van der Waals surface area contributed by atoms with Crippen molar-refractivity contribution in [2.45, 2.75) is 58.5 Å². The molecule has 1 saturated heterocycles. The Morgan fingerprint density at radius 3 is 2.41 bits per heavy atom. The van der Waals surface area contributed by atoms with Gasteiger partial charge in [0.1, 0.15) is 0 Å². The molecule has 2 fully saturated rings. The minimum absolute atomic E-state index is 0.0732. The number of hydrogen-bond donors (Lipinski definition) is 1. The summed E-state index contributed by atoms with van der Waals surface area (Å²) in [5, 5.41) is 10.3. The summed E-state index contributed by atoms with van der Waals surface area (Å²) in [4.78, 5) is 2.49. The molecule has 0 radical (unpaired) electrons. The summed E-state index contributed by atoms with van der Waals surface area (Å²) in [5.74, 6) is 2.23. The topological polar surface area (TPSA) is 23.5 Å². The van der Waals surface area contributed by atoms with Crippen molar-refractivity contribution in [3.8, 4) is 0 Å². The van der Waals surface area contributed by atoms with Crippen molar-refractivity contribution in [3.05, 3.63) is 0 Å². The molecule has 2 aliphatic rings. The summed E-state index contributed by atoms with van der Waals surface area (Å²) in [6.45, 7) is 8.01. The summed E-state index contributed by atoms with van der Waals surface area (Å²) >= 11 is 0. The number of aliphatic hydroxyl groups excluding tert-OH is 1. The Balaban J connectivity index is 1.76. The summed E-state index contributed by atoms with van der Waals surface area (Å²) in [6, 6.07) is 0. The Kier molecular flexibility index (Phi) is 4.87. The van der Waals surface area contributed by atoms with Gasteiger partial charge in [-0.1, -0.05) is 33.1 Å². The van der Waals surface area contributed by atoms with Gasteiger partial charge in [0.15, 0.2) is 0 Å². The molecular weight excluding hydrogens is 210 g/mol. The third-order valence-corrected chi connectivity index (χ3v) is 5.06. The van der Waals surface area contributed by atoms with E-state index in [2.05, 4.69) is 18.7 Å². The highest BCUT2D eigenvalue weighted by Gasteiger charge is 2.27. The summed E-state index contributed by atoms with van der Waals surface area (Å²) in [5.41, 5.74) is 0. The average Bonchev–Trinajstić information content (AvgIpc) is 2.35. The first-order valence-corrected chi connectivity index (χ1v) is 7.57. The van der Waals surface area contributed by atoms with E-state index in [1.54, 1.807) is 0 Å². The van der Waals surface area contributed by atoms with Crippen LogP contribution in [0.5, 0.6) is 0 Å². The van der Waals surface area contributed by atoms with Crippen LogP contribution < -0.4 is 0 Å². The van der Waals surface area contributed by atoms with Crippen molar-refractivity contribution in [2.24, 2.45) is 17.8 Å². The first kappa shape index (κ1) is 13.4. The molecule has 1 saturated carbocycles. The lowest BCUT2D eigenvalue weighted by molar-refractivity contribution is 0.0270. The van der Waals surface area contributed by atoms with E-state index in [1.165, 1.54) is 51.6 Å². The van der Waals surface area contributed by atoms with Crippen molar-refractivity contribution in [3.63, 3.8) is 0 Å². The third-order valence-electron chi connectivity index (χ3n) is 5.06. The molecule has 3 atom stereocenters. The van der Waals surface area contributed by atoms with Gasteiger partial charge < -0.3 is 10.0 Å². The van der Waals surface area contributed by atoms with Crippen LogP contribution in [0.25, 0.3) is 0 Å². The fourth-order valence-corrected chi connectivity index (χ4v) is 3.45. The van der Waals surface area contributed by atoms with Crippen LogP contribution in [0.1, 0.15) is 52.4 Å². The lowest BCUT2D eigenvalue weighted by Crippen LogP contribution is -2.44. The van der Waals surface area contributed by atoms with Crippen molar-refractivity contribution < 1.29 is 5.11 Å². The third kappa shape index (κ3) is 3.69. The van der Waals surface area contributed by atoms with Crippen molar-refractivity contribution in [1.29, 1.82) is 0 Å². The standard InChI is InChI=1S/C15H29NO/c1-12-8-9-16(10-13(12)2)11-15(17)14-6-4-3-5-7-14/h12-15,17H,3-11H2,1-2H3. The molecular formula is C15H29NO. The second kappa shape index (κ2) is 6.19. The zero-order valence-electron chi connectivity index (χ0n) is 11.6. The minimum Gasteiger partial charge on any atom is -0.392 e. The number of hydrogen-bond acceptors (Lipinski definition) is 2. The predicted molar refractivity (Wildman–Crippen MR) is 72.0 cm³/mol. The quantitative estimate of drug-likeness (QED) is 0.818. The van der Waals surface area contributed by atoms with Gasteiger partial charge in [0.2, 0.25) is 0 Å². The molecule has 17 heavy (non-hydrogen) atoms. The van der Waals surface area contributed by atoms with Crippen LogP contribution in [0, 0.1) is 17.8 Å². The maximum atomic E-state index is 10.3. The molecule has 0 bridgehead atoms. The Bertz CT molecular complexity index is 225. The molecule has 100 valence electrons. The van der Waals surface area contributed by atoms with Gasteiger partial charge in [0.25, 0.3) is 0 Å². The number of likely N-dealkylation sites (tertiary alicyclic amines) is 1. The lowest BCUT2D eigenvalue weighted by atomic mass is 9.84. The molecule has 2 rings (SSSR count). The molecule has 2 heteroatoms. The van der Waals surface area contributed by atoms with Gasteiger partial charge in [0, 0.05) is 13.1 Å². The van der Waals surface area contributed by atoms with Crippen molar-refractivity contribution >= 4 is 0 Å². The molecule has 0 aromatic carbocycles. The molecule has 2 nitrogen and oxygen atoms in total. The Morgan fingerprint density at radius 1 is 1.06 bits per heavy atom.